The van der Waals surface area contributed by atoms with Crippen LogP contribution in [0.15, 0.2) is 11.6 Å². The van der Waals surface area contributed by atoms with Gasteiger partial charge in [-0.05, 0) is 6.92 Å². The molecule has 2 heterocycles. The van der Waals surface area contributed by atoms with Crippen LogP contribution in [0.2, 0.25) is 0 Å². The van der Waals surface area contributed by atoms with Gasteiger partial charge in [0.2, 0.25) is 5.91 Å². The predicted molar refractivity (Wildman–Crippen MR) is 75.5 cm³/mol. The summed E-state index contributed by atoms with van der Waals surface area (Å²) in [4.78, 5) is 17.7. The Labute approximate surface area is 123 Å². The van der Waals surface area contributed by atoms with Gasteiger partial charge in [-0.25, -0.2) is 4.98 Å². The molecule has 1 saturated heterocycles. The SMILES string of the molecule is C[C@@H](N)C(=O)N1CCOC(c2nccs2)C1.Cl.Cl. The smallest absolute Gasteiger partial charge is 0.239 e. The van der Waals surface area contributed by atoms with Gasteiger partial charge in [0, 0.05) is 18.1 Å². The Morgan fingerprint density at radius 3 is 2.94 bits per heavy atom. The molecular weight excluding hydrogens is 297 g/mol. The lowest BCUT2D eigenvalue weighted by Crippen LogP contribution is -2.48. The van der Waals surface area contributed by atoms with Gasteiger partial charge in [-0.15, -0.1) is 36.2 Å². The molecule has 5 nitrogen and oxygen atoms in total. The highest BCUT2D eigenvalue weighted by Crippen LogP contribution is 2.23. The van der Waals surface area contributed by atoms with Crippen LogP contribution in [-0.2, 0) is 9.53 Å². The van der Waals surface area contributed by atoms with Gasteiger partial charge in [0.05, 0.1) is 19.2 Å². The quantitative estimate of drug-likeness (QED) is 0.891. The average Bonchev–Trinajstić information content (AvgIpc) is 2.81. The number of hydrogen-bond donors (Lipinski definition) is 1. The van der Waals surface area contributed by atoms with Crippen LogP contribution in [0, 0.1) is 0 Å². The topological polar surface area (TPSA) is 68.5 Å². The van der Waals surface area contributed by atoms with Gasteiger partial charge >= 0.3 is 0 Å². The number of rotatable bonds is 2. The molecule has 0 aliphatic carbocycles. The lowest BCUT2D eigenvalue weighted by Gasteiger charge is -2.32. The molecule has 0 radical (unpaired) electrons. The third-order valence-electron chi connectivity index (χ3n) is 2.49. The zero-order valence-corrected chi connectivity index (χ0v) is 12.4. The van der Waals surface area contributed by atoms with E-state index in [9.17, 15) is 4.79 Å². The molecule has 2 rings (SSSR count). The lowest BCUT2D eigenvalue weighted by molar-refractivity contribution is -0.140. The summed E-state index contributed by atoms with van der Waals surface area (Å²) in [5.41, 5.74) is 5.59. The molecule has 1 aliphatic heterocycles. The zero-order valence-electron chi connectivity index (χ0n) is 9.94. The maximum absolute atomic E-state index is 11.7. The van der Waals surface area contributed by atoms with Crippen molar-refractivity contribution in [2.24, 2.45) is 5.73 Å². The molecule has 1 aromatic heterocycles. The number of amides is 1. The third-order valence-corrected chi connectivity index (χ3v) is 3.36. The molecular formula is C10H17Cl2N3O2S. The van der Waals surface area contributed by atoms with E-state index >= 15 is 0 Å². The van der Waals surface area contributed by atoms with E-state index < -0.39 is 6.04 Å². The first-order chi connectivity index (χ1) is 7.68. The van der Waals surface area contributed by atoms with Gasteiger partial charge in [-0.2, -0.15) is 0 Å². The molecule has 18 heavy (non-hydrogen) atoms. The van der Waals surface area contributed by atoms with E-state index in [0.717, 1.165) is 5.01 Å². The van der Waals surface area contributed by atoms with Crippen LogP contribution in [0.1, 0.15) is 18.0 Å². The van der Waals surface area contributed by atoms with Crippen LogP contribution in [0.3, 0.4) is 0 Å². The number of aromatic nitrogens is 1. The van der Waals surface area contributed by atoms with E-state index in [1.807, 2.05) is 5.38 Å². The highest BCUT2D eigenvalue weighted by atomic mass is 35.5. The highest BCUT2D eigenvalue weighted by Gasteiger charge is 2.27. The predicted octanol–water partition coefficient (Wildman–Crippen LogP) is 1.23. The molecule has 1 unspecified atom stereocenters. The van der Waals surface area contributed by atoms with Crippen molar-refractivity contribution in [1.82, 2.24) is 9.88 Å². The van der Waals surface area contributed by atoms with Crippen molar-refractivity contribution in [3.8, 4) is 0 Å². The Bertz CT molecular complexity index is 362. The van der Waals surface area contributed by atoms with Crippen LogP contribution >= 0.6 is 36.2 Å². The van der Waals surface area contributed by atoms with Gasteiger partial charge in [-0.3, -0.25) is 4.79 Å². The minimum absolute atomic E-state index is 0. The van der Waals surface area contributed by atoms with Gasteiger partial charge in [-0.1, -0.05) is 0 Å². The molecule has 0 spiro atoms. The van der Waals surface area contributed by atoms with Crippen molar-refractivity contribution in [3.63, 3.8) is 0 Å². The van der Waals surface area contributed by atoms with E-state index in [-0.39, 0.29) is 36.8 Å². The summed E-state index contributed by atoms with van der Waals surface area (Å²) in [6.07, 6.45) is 1.65. The maximum Gasteiger partial charge on any atom is 0.239 e. The number of halogens is 2. The van der Waals surface area contributed by atoms with Crippen molar-refractivity contribution in [3.05, 3.63) is 16.6 Å². The maximum atomic E-state index is 11.7. The summed E-state index contributed by atoms with van der Waals surface area (Å²) in [6, 6.07) is -0.449. The number of ether oxygens (including phenoxy) is 1. The molecule has 0 bridgehead atoms. The average molecular weight is 314 g/mol. The first-order valence-corrected chi connectivity index (χ1v) is 6.12. The van der Waals surface area contributed by atoms with Gasteiger partial charge in [0.1, 0.15) is 11.1 Å². The highest BCUT2D eigenvalue weighted by molar-refractivity contribution is 7.09. The van der Waals surface area contributed by atoms with E-state index in [1.165, 1.54) is 0 Å². The number of carbonyl (C=O) groups excluding carboxylic acids is 1. The summed E-state index contributed by atoms with van der Waals surface area (Å²) in [5, 5.41) is 2.83. The summed E-state index contributed by atoms with van der Waals surface area (Å²) in [7, 11) is 0. The molecule has 1 aromatic rings. The summed E-state index contributed by atoms with van der Waals surface area (Å²) < 4.78 is 5.60. The van der Waals surface area contributed by atoms with Crippen molar-refractivity contribution >= 4 is 42.1 Å². The fourth-order valence-electron chi connectivity index (χ4n) is 1.68. The minimum atomic E-state index is -0.449. The molecule has 1 amide bonds. The molecule has 2 atom stereocenters. The fraction of sp³-hybridized carbons (Fsp3) is 0.600. The number of nitrogens with zero attached hydrogens (tertiary/aromatic N) is 2. The van der Waals surface area contributed by atoms with Gasteiger partial charge < -0.3 is 15.4 Å². The standard InChI is InChI=1S/C10H15N3O2S.2ClH/c1-7(11)10(14)13-3-4-15-8(6-13)9-12-2-5-16-9;;/h2,5,7-8H,3-4,6,11H2,1H3;2*1H/t7-,8?;;/m1../s1. The molecule has 1 aliphatic rings. The Morgan fingerprint density at radius 2 is 2.39 bits per heavy atom. The minimum Gasteiger partial charge on any atom is -0.367 e. The summed E-state index contributed by atoms with van der Waals surface area (Å²) >= 11 is 1.55. The Kier molecular flexibility index (Phi) is 7.73. The number of hydrogen-bond acceptors (Lipinski definition) is 5. The van der Waals surface area contributed by atoms with Gasteiger partial charge in [0.15, 0.2) is 0 Å². The molecule has 0 aromatic carbocycles. The number of thiazole rings is 1. The molecule has 1 fully saturated rings. The van der Waals surface area contributed by atoms with Gasteiger partial charge in [0.25, 0.3) is 0 Å². The Morgan fingerprint density at radius 1 is 1.67 bits per heavy atom. The van der Waals surface area contributed by atoms with Crippen LogP contribution < -0.4 is 5.73 Å². The Balaban J connectivity index is 0.00000144. The van der Waals surface area contributed by atoms with Crippen LogP contribution in [0.4, 0.5) is 0 Å². The first kappa shape index (κ1) is 17.6. The second-order valence-electron chi connectivity index (χ2n) is 3.80. The van der Waals surface area contributed by atoms with Crippen molar-refractivity contribution in [1.29, 1.82) is 0 Å². The van der Waals surface area contributed by atoms with E-state index in [4.69, 9.17) is 10.5 Å². The number of morpholine rings is 1. The number of nitrogens with two attached hydrogens (primary N) is 1. The molecule has 8 heteroatoms. The lowest BCUT2D eigenvalue weighted by atomic mass is 10.2. The molecule has 2 N–H and O–H groups in total. The number of carbonyl (C=O) groups is 1. The monoisotopic (exact) mass is 313 g/mol. The fourth-order valence-corrected chi connectivity index (χ4v) is 2.36. The first-order valence-electron chi connectivity index (χ1n) is 5.24. The van der Waals surface area contributed by atoms with Crippen LogP contribution in [0.5, 0.6) is 0 Å². The molecule has 0 saturated carbocycles. The summed E-state index contributed by atoms with van der Waals surface area (Å²) in [5.74, 6) is -0.0233. The van der Waals surface area contributed by atoms with Crippen molar-refractivity contribution in [2.45, 2.75) is 19.1 Å². The van der Waals surface area contributed by atoms with Crippen LogP contribution in [0.25, 0.3) is 0 Å². The van der Waals surface area contributed by atoms with E-state index in [0.29, 0.717) is 19.7 Å². The van der Waals surface area contributed by atoms with E-state index in [2.05, 4.69) is 4.98 Å². The third kappa shape index (κ3) is 4.07. The second kappa shape index (κ2) is 7.91. The molecule has 104 valence electrons. The largest absolute Gasteiger partial charge is 0.367 e. The normalized spacial score (nSPS) is 20.6. The van der Waals surface area contributed by atoms with Crippen LogP contribution in [-0.4, -0.2) is 41.5 Å². The zero-order chi connectivity index (χ0) is 11.5. The van der Waals surface area contributed by atoms with Crippen molar-refractivity contribution in [2.75, 3.05) is 19.7 Å². The van der Waals surface area contributed by atoms with E-state index in [1.54, 1.807) is 29.4 Å². The van der Waals surface area contributed by atoms with Crippen molar-refractivity contribution < 1.29 is 9.53 Å². The summed E-state index contributed by atoms with van der Waals surface area (Å²) in [6.45, 7) is 3.41. The second-order valence-corrected chi connectivity index (χ2v) is 4.73. The Hall–Kier alpha value is -0.400.